The summed E-state index contributed by atoms with van der Waals surface area (Å²) in [6.07, 6.45) is 6.67. The van der Waals surface area contributed by atoms with Gasteiger partial charge in [-0.1, -0.05) is 27.2 Å². The molecule has 3 N–H and O–H groups in total. The summed E-state index contributed by atoms with van der Waals surface area (Å²) in [4.78, 5) is 0. The Morgan fingerprint density at radius 3 is 2.06 bits per heavy atom. The van der Waals surface area contributed by atoms with Crippen LogP contribution in [-0.4, -0.2) is 17.3 Å². The summed E-state index contributed by atoms with van der Waals surface area (Å²) >= 11 is 0. The highest BCUT2D eigenvalue weighted by molar-refractivity contribution is 5.06. The molecule has 17 heavy (non-hydrogen) atoms. The lowest BCUT2D eigenvalue weighted by molar-refractivity contribution is -0.127. The molecular formula is C15H29NO. The van der Waals surface area contributed by atoms with Crippen LogP contribution in [0.2, 0.25) is 0 Å². The van der Waals surface area contributed by atoms with Gasteiger partial charge < -0.3 is 10.8 Å². The lowest BCUT2D eigenvalue weighted by atomic mass is 9.59. The maximum atomic E-state index is 11.2. The van der Waals surface area contributed by atoms with Gasteiger partial charge in [0.1, 0.15) is 0 Å². The van der Waals surface area contributed by atoms with Crippen molar-refractivity contribution in [1.29, 1.82) is 0 Å². The topological polar surface area (TPSA) is 46.2 Å². The molecule has 2 aliphatic rings. The summed E-state index contributed by atoms with van der Waals surface area (Å²) < 4.78 is 0. The van der Waals surface area contributed by atoms with Crippen molar-refractivity contribution in [3.05, 3.63) is 0 Å². The standard InChI is InChI=1S/C15H29NO/c1-11-4-5-14(7-11,10-16)15(17)8-12(2)6-13(3)9-15/h11-13,17H,4-10,16H2,1-3H3. The third-order valence-corrected chi connectivity index (χ3v) is 5.41. The van der Waals surface area contributed by atoms with E-state index in [2.05, 4.69) is 20.8 Å². The molecule has 4 unspecified atom stereocenters. The Morgan fingerprint density at radius 2 is 1.65 bits per heavy atom. The van der Waals surface area contributed by atoms with E-state index in [1.54, 1.807) is 0 Å². The van der Waals surface area contributed by atoms with E-state index in [1.165, 1.54) is 12.8 Å². The Hall–Kier alpha value is -0.0800. The van der Waals surface area contributed by atoms with Crippen LogP contribution < -0.4 is 5.73 Å². The van der Waals surface area contributed by atoms with E-state index < -0.39 is 5.60 Å². The molecule has 0 heterocycles. The summed E-state index contributed by atoms with van der Waals surface area (Å²) in [6, 6.07) is 0. The summed E-state index contributed by atoms with van der Waals surface area (Å²) in [5.41, 5.74) is 5.59. The molecule has 0 radical (unpaired) electrons. The highest BCUT2D eigenvalue weighted by atomic mass is 16.3. The monoisotopic (exact) mass is 239 g/mol. The van der Waals surface area contributed by atoms with Gasteiger partial charge in [-0.15, -0.1) is 0 Å². The van der Waals surface area contributed by atoms with Gasteiger partial charge >= 0.3 is 0 Å². The lowest BCUT2D eigenvalue weighted by Crippen LogP contribution is -2.54. The van der Waals surface area contributed by atoms with Crippen LogP contribution in [0.4, 0.5) is 0 Å². The van der Waals surface area contributed by atoms with E-state index >= 15 is 0 Å². The maximum absolute atomic E-state index is 11.2. The van der Waals surface area contributed by atoms with Gasteiger partial charge in [-0.05, 0) is 49.9 Å². The average Bonchev–Trinajstić information content (AvgIpc) is 2.59. The van der Waals surface area contributed by atoms with Crippen LogP contribution in [0.3, 0.4) is 0 Å². The molecule has 2 nitrogen and oxygen atoms in total. The molecule has 0 aliphatic heterocycles. The van der Waals surface area contributed by atoms with Crippen LogP contribution in [0.5, 0.6) is 0 Å². The first-order valence-electron chi connectivity index (χ1n) is 7.33. The SMILES string of the molecule is CC1CC(C)CC(O)(C2(CN)CCC(C)C2)C1. The maximum Gasteiger partial charge on any atom is 0.0720 e. The minimum Gasteiger partial charge on any atom is -0.389 e. The molecule has 2 fully saturated rings. The van der Waals surface area contributed by atoms with Crippen molar-refractivity contribution in [2.75, 3.05) is 6.54 Å². The summed E-state index contributed by atoms with van der Waals surface area (Å²) in [6.45, 7) is 7.52. The molecule has 4 atom stereocenters. The molecule has 2 heteroatoms. The van der Waals surface area contributed by atoms with E-state index in [1.807, 2.05) is 0 Å². The zero-order chi connectivity index (χ0) is 12.7. The fraction of sp³-hybridized carbons (Fsp3) is 1.00. The van der Waals surface area contributed by atoms with E-state index in [9.17, 15) is 5.11 Å². The molecular weight excluding hydrogens is 210 g/mol. The number of hydrogen-bond donors (Lipinski definition) is 2. The highest BCUT2D eigenvalue weighted by Crippen LogP contribution is 2.55. The zero-order valence-electron chi connectivity index (χ0n) is 11.7. The van der Waals surface area contributed by atoms with Gasteiger partial charge in [0.2, 0.25) is 0 Å². The molecule has 100 valence electrons. The molecule has 2 aliphatic carbocycles. The summed E-state index contributed by atoms with van der Waals surface area (Å²) in [7, 11) is 0. The van der Waals surface area contributed by atoms with Gasteiger partial charge in [0, 0.05) is 12.0 Å². The Morgan fingerprint density at radius 1 is 1.06 bits per heavy atom. The van der Waals surface area contributed by atoms with Crippen LogP contribution in [-0.2, 0) is 0 Å². The zero-order valence-corrected chi connectivity index (χ0v) is 11.7. The summed E-state index contributed by atoms with van der Waals surface area (Å²) in [5.74, 6) is 2.02. The third-order valence-electron chi connectivity index (χ3n) is 5.41. The molecule has 0 amide bonds. The third kappa shape index (κ3) is 2.26. The van der Waals surface area contributed by atoms with Crippen molar-refractivity contribution in [3.63, 3.8) is 0 Å². The first-order chi connectivity index (χ1) is 7.91. The smallest absolute Gasteiger partial charge is 0.0720 e. The van der Waals surface area contributed by atoms with Gasteiger partial charge in [-0.25, -0.2) is 0 Å². The van der Waals surface area contributed by atoms with Gasteiger partial charge in [0.15, 0.2) is 0 Å². The van der Waals surface area contributed by atoms with Crippen LogP contribution in [0.1, 0.15) is 59.3 Å². The van der Waals surface area contributed by atoms with Crippen LogP contribution in [0.15, 0.2) is 0 Å². The van der Waals surface area contributed by atoms with Gasteiger partial charge in [0.25, 0.3) is 0 Å². The van der Waals surface area contributed by atoms with E-state index in [0.29, 0.717) is 18.4 Å². The van der Waals surface area contributed by atoms with Crippen LogP contribution in [0.25, 0.3) is 0 Å². The van der Waals surface area contributed by atoms with Crippen molar-refractivity contribution in [3.8, 4) is 0 Å². The Bertz CT molecular complexity index is 268. The average molecular weight is 239 g/mol. The fourth-order valence-electron chi connectivity index (χ4n) is 4.71. The molecule has 0 aromatic carbocycles. The van der Waals surface area contributed by atoms with Gasteiger partial charge in [-0.3, -0.25) is 0 Å². The molecule has 0 saturated heterocycles. The Kier molecular flexibility index (Phi) is 3.57. The first kappa shape index (κ1) is 13.4. The fourth-order valence-corrected chi connectivity index (χ4v) is 4.71. The molecule has 0 bridgehead atoms. The quantitative estimate of drug-likeness (QED) is 0.778. The van der Waals surface area contributed by atoms with Crippen molar-refractivity contribution in [2.45, 2.75) is 64.9 Å². The van der Waals surface area contributed by atoms with E-state index in [0.717, 1.165) is 31.6 Å². The molecule has 2 saturated carbocycles. The summed E-state index contributed by atoms with van der Waals surface area (Å²) in [5, 5.41) is 11.2. The minimum atomic E-state index is -0.496. The number of aliphatic hydroxyl groups is 1. The first-order valence-corrected chi connectivity index (χ1v) is 7.33. The Labute approximate surface area is 106 Å². The molecule has 0 aromatic heterocycles. The highest BCUT2D eigenvalue weighted by Gasteiger charge is 2.54. The van der Waals surface area contributed by atoms with Crippen molar-refractivity contribution in [1.82, 2.24) is 0 Å². The molecule has 0 spiro atoms. The van der Waals surface area contributed by atoms with Gasteiger partial charge in [-0.2, -0.15) is 0 Å². The van der Waals surface area contributed by atoms with Crippen molar-refractivity contribution < 1.29 is 5.11 Å². The second kappa shape index (κ2) is 4.55. The Balaban J connectivity index is 2.23. The van der Waals surface area contributed by atoms with Crippen LogP contribution >= 0.6 is 0 Å². The minimum absolute atomic E-state index is 0.00928. The molecule has 0 aromatic rings. The molecule has 2 rings (SSSR count). The second-order valence-electron chi connectivity index (χ2n) is 7.22. The normalized spacial score (nSPS) is 51.7. The van der Waals surface area contributed by atoms with Gasteiger partial charge in [0.05, 0.1) is 5.60 Å². The number of rotatable bonds is 2. The number of hydrogen-bond acceptors (Lipinski definition) is 2. The van der Waals surface area contributed by atoms with Crippen LogP contribution in [0, 0.1) is 23.2 Å². The lowest BCUT2D eigenvalue weighted by Gasteiger charge is -2.50. The van der Waals surface area contributed by atoms with E-state index in [-0.39, 0.29) is 5.41 Å². The predicted molar refractivity (Wildman–Crippen MR) is 71.6 cm³/mol. The predicted octanol–water partition coefficient (Wildman–Crippen LogP) is 2.94. The van der Waals surface area contributed by atoms with Crippen molar-refractivity contribution >= 4 is 0 Å². The second-order valence-corrected chi connectivity index (χ2v) is 7.22. The van der Waals surface area contributed by atoms with E-state index in [4.69, 9.17) is 5.73 Å². The van der Waals surface area contributed by atoms with Crippen molar-refractivity contribution in [2.24, 2.45) is 28.9 Å². The largest absolute Gasteiger partial charge is 0.389 e. The number of nitrogens with two attached hydrogens (primary N) is 1.